The van der Waals surface area contributed by atoms with Gasteiger partial charge >= 0.3 is 0 Å². The third kappa shape index (κ3) is 4.36. The molecule has 0 bridgehead atoms. The Bertz CT molecular complexity index is 924. The summed E-state index contributed by atoms with van der Waals surface area (Å²) in [5, 5.41) is 0.481. The fourth-order valence-corrected chi connectivity index (χ4v) is 3.34. The molecular weight excluding hydrogens is 334 g/mol. The molecule has 0 aliphatic rings. The topological polar surface area (TPSA) is 78.0 Å². The van der Waals surface area contributed by atoms with Crippen molar-refractivity contribution in [3.05, 3.63) is 82.6 Å². The molecule has 25 heavy (non-hydrogen) atoms. The number of hydrogen-bond donors (Lipinski definition) is 1. The quantitative estimate of drug-likeness (QED) is 0.547. The summed E-state index contributed by atoms with van der Waals surface area (Å²) in [6, 6.07) is 20.8. The van der Waals surface area contributed by atoms with Crippen molar-refractivity contribution in [2.45, 2.75) is 17.5 Å². The molecule has 0 saturated heterocycles. The fraction of sp³-hybridized carbons (Fsp3) is 0.105. The van der Waals surface area contributed by atoms with E-state index in [1.807, 2.05) is 60.7 Å². The van der Waals surface area contributed by atoms with Crippen LogP contribution in [0.4, 0.5) is 0 Å². The number of aromatic nitrogens is 2. The second-order valence-electron chi connectivity index (χ2n) is 5.45. The highest BCUT2D eigenvalue weighted by Gasteiger charge is 2.12. The van der Waals surface area contributed by atoms with Crippen LogP contribution in [0.5, 0.6) is 0 Å². The van der Waals surface area contributed by atoms with Crippen molar-refractivity contribution in [1.29, 1.82) is 0 Å². The smallest absolute Gasteiger partial charge is 0.255 e. The Morgan fingerprint density at radius 1 is 1.04 bits per heavy atom. The Labute approximate surface area is 149 Å². The molecule has 0 aliphatic carbocycles. The highest BCUT2D eigenvalue weighted by molar-refractivity contribution is 7.98. The molecule has 3 aromatic rings. The highest BCUT2D eigenvalue weighted by atomic mass is 32.2. The van der Waals surface area contributed by atoms with Gasteiger partial charge in [-0.25, -0.2) is 4.98 Å². The lowest BCUT2D eigenvalue weighted by Crippen LogP contribution is -2.29. The third-order valence-corrected chi connectivity index (χ3v) is 4.62. The number of carbonyl (C=O) groups is 1. The molecular formula is C19H17N3O2S. The zero-order valence-corrected chi connectivity index (χ0v) is 14.3. The van der Waals surface area contributed by atoms with E-state index in [9.17, 15) is 9.59 Å². The number of hydrogen-bond acceptors (Lipinski definition) is 4. The molecule has 126 valence electrons. The second-order valence-corrected chi connectivity index (χ2v) is 6.40. The molecule has 1 amide bonds. The molecule has 0 atom stereocenters. The number of rotatable bonds is 6. The molecule has 5 nitrogen and oxygen atoms in total. The second kappa shape index (κ2) is 7.81. The first-order chi connectivity index (χ1) is 12.1. The van der Waals surface area contributed by atoms with Crippen molar-refractivity contribution in [3.8, 4) is 11.3 Å². The molecule has 0 aliphatic heterocycles. The molecule has 0 fully saturated rings. The van der Waals surface area contributed by atoms with Gasteiger partial charge in [0.05, 0.1) is 5.69 Å². The van der Waals surface area contributed by atoms with Gasteiger partial charge in [0.25, 0.3) is 5.56 Å². The van der Waals surface area contributed by atoms with Gasteiger partial charge in [-0.2, -0.15) is 0 Å². The first kappa shape index (κ1) is 17.0. The van der Waals surface area contributed by atoms with Crippen LogP contribution >= 0.6 is 11.8 Å². The van der Waals surface area contributed by atoms with Gasteiger partial charge in [0, 0.05) is 17.4 Å². The first-order valence-corrected chi connectivity index (χ1v) is 8.74. The van der Waals surface area contributed by atoms with E-state index in [2.05, 4.69) is 4.98 Å². The summed E-state index contributed by atoms with van der Waals surface area (Å²) in [6.45, 7) is -0.183. The maximum atomic E-state index is 12.5. The summed E-state index contributed by atoms with van der Waals surface area (Å²) in [7, 11) is 0. The zero-order valence-electron chi connectivity index (χ0n) is 13.5. The maximum Gasteiger partial charge on any atom is 0.255 e. The molecule has 3 rings (SSSR count). The average molecular weight is 351 g/mol. The van der Waals surface area contributed by atoms with Crippen LogP contribution in [0.3, 0.4) is 0 Å². The van der Waals surface area contributed by atoms with Crippen molar-refractivity contribution in [3.63, 3.8) is 0 Å². The van der Waals surface area contributed by atoms with E-state index < -0.39 is 5.91 Å². The number of nitrogens with zero attached hydrogens (tertiary/aromatic N) is 2. The minimum absolute atomic E-state index is 0.183. The summed E-state index contributed by atoms with van der Waals surface area (Å²) in [6.07, 6.45) is 0. The molecule has 2 N–H and O–H groups in total. The van der Waals surface area contributed by atoms with Crippen LogP contribution in [0.2, 0.25) is 0 Å². The van der Waals surface area contributed by atoms with Crippen LogP contribution in [0.1, 0.15) is 5.56 Å². The largest absolute Gasteiger partial charge is 0.368 e. The van der Waals surface area contributed by atoms with Gasteiger partial charge < -0.3 is 5.73 Å². The van der Waals surface area contributed by atoms with Crippen LogP contribution in [0.25, 0.3) is 11.3 Å². The normalized spacial score (nSPS) is 10.6. The van der Waals surface area contributed by atoms with Crippen molar-refractivity contribution >= 4 is 17.7 Å². The van der Waals surface area contributed by atoms with Gasteiger partial charge in [-0.05, 0) is 5.56 Å². The molecule has 1 heterocycles. The van der Waals surface area contributed by atoms with Crippen molar-refractivity contribution in [2.75, 3.05) is 0 Å². The highest BCUT2D eigenvalue weighted by Crippen LogP contribution is 2.23. The lowest BCUT2D eigenvalue weighted by molar-refractivity contribution is -0.118. The van der Waals surface area contributed by atoms with Crippen LogP contribution < -0.4 is 11.3 Å². The minimum Gasteiger partial charge on any atom is -0.368 e. The van der Waals surface area contributed by atoms with E-state index in [0.717, 1.165) is 11.1 Å². The van der Waals surface area contributed by atoms with E-state index in [1.165, 1.54) is 22.4 Å². The summed E-state index contributed by atoms with van der Waals surface area (Å²) >= 11 is 1.41. The standard InChI is InChI=1S/C19H17N3O2S/c20-17(23)12-22-18(24)11-16(15-9-5-2-6-10-15)21-19(22)25-13-14-7-3-1-4-8-14/h1-11H,12-13H2,(H2,20,23). The van der Waals surface area contributed by atoms with E-state index >= 15 is 0 Å². The first-order valence-electron chi connectivity index (χ1n) is 7.76. The van der Waals surface area contributed by atoms with Crippen molar-refractivity contribution in [1.82, 2.24) is 9.55 Å². The van der Waals surface area contributed by atoms with Crippen LogP contribution in [-0.2, 0) is 17.1 Å². The van der Waals surface area contributed by atoms with E-state index in [1.54, 1.807) is 0 Å². The zero-order chi connectivity index (χ0) is 17.6. The molecule has 1 aromatic heterocycles. The van der Waals surface area contributed by atoms with Crippen molar-refractivity contribution in [2.24, 2.45) is 5.73 Å². The van der Waals surface area contributed by atoms with E-state index in [-0.39, 0.29) is 12.1 Å². The third-order valence-electron chi connectivity index (χ3n) is 3.57. The van der Waals surface area contributed by atoms with Gasteiger partial charge in [0.1, 0.15) is 6.54 Å². The van der Waals surface area contributed by atoms with Gasteiger partial charge in [-0.15, -0.1) is 0 Å². The molecule has 0 saturated carbocycles. The summed E-state index contributed by atoms with van der Waals surface area (Å²) in [5.74, 6) is 0.0718. The van der Waals surface area contributed by atoms with Gasteiger partial charge in [0.15, 0.2) is 5.16 Å². The number of primary amides is 1. The van der Waals surface area contributed by atoms with E-state index in [0.29, 0.717) is 16.6 Å². The number of carbonyl (C=O) groups excluding carboxylic acids is 1. The van der Waals surface area contributed by atoms with Crippen LogP contribution in [-0.4, -0.2) is 15.5 Å². The van der Waals surface area contributed by atoms with Crippen LogP contribution in [0, 0.1) is 0 Å². The van der Waals surface area contributed by atoms with Gasteiger partial charge in [-0.3, -0.25) is 14.2 Å². The molecule has 0 spiro atoms. The fourth-order valence-electron chi connectivity index (χ4n) is 2.38. The Kier molecular flexibility index (Phi) is 5.30. The molecule has 2 aromatic carbocycles. The predicted octanol–water partition coefficient (Wildman–Crippen LogP) is 2.69. The number of nitrogens with two attached hydrogens (primary N) is 1. The predicted molar refractivity (Wildman–Crippen MR) is 99.1 cm³/mol. The monoisotopic (exact) mass is 351 g/mol. The maximum absolute atomic E-state index is 12.5. The van der Waals surface area contributed by atoms with Crippen LogP contribution in [0.15, 0.2) is 76.7 Å². The Balaban J connectivity index is 1.98. The van der Waals surface area contributed by atoms with Crippen molar-refractivity contribution < 1.29 is 4.79 Å². The Morgan fingerprint density at radius 2 is 1.68 bits per heavy atom. The number of amides is 1. The van der Waals surface area contributed by atoms with Gasteiger partial charge in [-0.1, -0.05) is 72.4 Å². The number of benzene rings is 2. The SMILES string of the molecule is NC(=O)Cn1c(SCc2ccccc2)nc(-c2ccccc2)cc1=O. The molecule has 0 radical (unpaired) electrons. The molecule has 6 heteroatoms. The summed E-state index contributed by atoms with van der Waals surface area (Å²) in [5.41, 5.74) is 7.54. The van der Waals surface area contributed by atoms with Gasteiger partial charge in [0.2, 0.25) is 5.91 Å². The number of thioether (sulfide) groups is 1. The summed E-state index contributed by atoms with van der Waals surface area (Å²) in [4.78, 5) is 28.4. The lowest BCUT2D eigenvalue weighted by atomic mass is 10.1. The lowest BCUT2D eigenvalue weighted by Gasteiger charge is -2.12. The molecule has 0 unspecified atom stereocenters. The minimum atomic E-state index is -0.571. The average Bonchev–Trinajstić information content (AvgIpc) is 2.63. The summed E-state index contributed by atoms with van der Waals surface area (Å²) < 4.78 is 1.32. The van der Waals surface area contributed by atoms with E-state index in [4.69, 9.17) is 5.73 Å². The Morgan fingerprint density at radius 3 is 2.32 bits per heavy atom. The Hall–Kier alpha value is -2.86.